The topological polar surface area (TPSA) is 29.3 Å². The van der Waals surface area contributed by atoms with Crippen LogP contribution in [-0.4, -0.2) is 35.5 Å². The smallest absolute Gasteiger partial charge is 0.159 e. The van der Waals surface area contributed by atoms with E-state index in [-0.39, 0.29) is 4.75 Å². The third-order valence-electron chi connectivity index (χ3n) is 3.96. The van der Waals surface area contributed by atoms with Crippen molar-refractivity contribution in [2.24, 2.45) is 5.73 Å². The summed E-state index contributed by atoms with van der Waals surface area (Å²) in [4.78, 5) is 2.27. The molecular weight excluding hydrogens is 266 g/mol. The van der Waals surface area contributed by atoms with Gasteiger partial charge in [-0.1, -0.05) is 6.07 Å². The van der Waals surface area contributed by atoms with E-state index in [0.29, 0.717) is 13.1 Å². The Hall–Kier alpha value is -0.650. The Bertz CT molecular complexity index is 425. The summed E-state index contributed by atoms with van der Waals surface area (Å²) in [5.41, 5.74) is 6.68. The van der Waals surface area contributed by atoms with Crippen LogP contribution < -0.4 is 5.73 Å². The molecule has 0 saturated carbocycles. The van der Waals surface area contributed by atoms with Crippen LogP contribution in [0.2, 0.25) is 0 Å². The molecule has 19 heavy (non-hydrogen) atoms. The molecule has 0 aromatic heterocycles. The molecule has 106 valence electrons. The fourth-order valence-corrected chi connectivity index (χ4v) is 3.26. The van der Waals surface area contributed by atoms with Crippen LogP contribution in [0.5, 0.6) is 0 Å². The normalized spacial score (nSPS) is 19.6. The lowest BCUT2D eigenvalue weighted by atomic mass is 9.95. The van der Waals surface area contributed by atoms with Crippen LogP contribution in [0.4, 0.5) is 8.78 Å². The maximum atomic E-state index is 13.2. The predicted octanol–water partition coefficient (Wildman–Crippen LogP) is 2.62. The van der Waals surface area contributed by atoms with Crippen molar-refractivity contribution < 1.29 is 8.78 Å². The minimum atomic E-state index is -0.785. The second-order valence-electron chi connectivity index (χ2n) is 5.12. The molecule has 0 bridgehead atoms. The van der Waals surface area contributed by atoms with Crippen LogP contribution in [0.1, 0.15) is 18.4 Å². The van der Waals surface area contributed by atoms with Crippen molar-refractivity contribution in [1.29, 1.82) is 0 Å². The van der Waals surface area contributed by atoms with Gasteiger partial charge in [-0.25, -0.2) is 8.78 Å². The Morgan fingerprint density at radius 2 is 1.95 bits per heavy atom. The van der Waals surface area contributed by atoms with Gasteiger partial charge >= 0.3 is 0 Å². The summed E-state index contributed by atoms with van der Waals surface area (Å²) in [6.07, 6.45) is 4.21. The molecule has 1 aliphatic rings. The lowest BCUT2D eigenvalue weighted by Gasteiger charge is -2.40. The summed E-state index contributed by atoms with van der Waals surface area (Å²) in [6.45, 7) is 3.29. The Morgan fingerprint density at radius 3 is 2.47 bits per heavy atom. The molecule has 0 atom stereocenters. The largest absolute Gasteiger partial charge is 0.329 e. The molecule has 1 fully saturated rings. The summed E-state index contributed by atoms with van der Waals surface area (Å²) >= 11 is 1.84. The zero-order valence-corrected chi connectivity index (χ0v) is 12.0. The van der Waals surface area contributed by atoms with Crippen molar-refractivity contribution in [3.05, 3.63) is 35.4 Å². The van der Waals surface area contributed by atoms with Gasteiger partial charge in [-0.15, -0.1) is 0 Å². The fraction of sp³-hybridized carbons (Fsp3) is 0.571. The summed E-state index contributed by atoms with van der Waals surface area (Å²) in [5.74, 6) is -1.55. The van der Waals surface area contributed by atoms with Crippen LogP contribution in [-0.2, 0) is 6.54 Å². The molecular formula is C14H20F2N2S. The molecule has 5 heteroatoms. The van der Waals surface area contributed by atoms with Crippen LogP contribution in [0.25, 0.3) is 0 Å². The van der Waals surface area contributed by atoms with E-state index in [0.717, 1.165) is 31.5 Å². The number of benzene rings is 1. The number of nitrogens with two attached hydrogens (primary N) is 1. The highest BCUT2D eigenvalue weighted by atomic mass is 32.2. The van der Waals surface area contributed by atoms with Crippen molar-refractivity contribution >= 4 is 11.8 Å². The van der Waals surface area contributed by atoms with E-state index in [9.17, 15) is 8.78 Å². The first-order chi connectivity index (χ1) is 9.08. The number of halogens is 2. The number of rotatable bonds is 4. The van der Waals surface area contributed by atoms with Crippen LogP contribution in [0.15, 0.2) is 18.2 Å². The first-order valence-electron chi connectivity index (χ1n) is 6.50. The van der Waals surface area contributed by atoms with Gasteiger partial charge in [-0.2, -0.15) is 11.8 Å². The number of thioether (sulfide) groups is 1. The molecule has 0 unspecified atom stereocenters. The van der Waals surface area contributed by atoms with Crippen molar-refractivity contribution in [2.45, 2.75) is 24.1 Å². The SMILES string of the molecule is CSC1(CN)CCN(Cc2ccc(F)c(F)c2)CC1. The molecule has 0 radical (unpaired) electrons. The lowest BCUT2D eigenvalue weighted by molar-refractivity contribution is 0.194. The van der Waals surface area contributed by atoms with Gasteiger partial charge in [0.05, 0.1) is 0 Å². The number of piperidine rings is 1. The summed E-state index contributed by atoms with van der Waals surface area (Å²) < 4.78 is 26.2. The van der Waals surface area contributed by atoms with Crippen LogP contribution in [0, 0.1) is 11.6 Å². The average molecular weight is 286 g/mol. The van der Waals surface area contributed by atoms with Gasteiger partial charge in [0.1, 0.15) is 0 Å². The second kappa shape index (κ2) is 6.20. The molecule has 2 N–H and O–H groups in total. The summed E-state index contributed by atoms with van der Waals surface area (Å²) in [6, 6.07) is 4.13. The maximum Gasteiger partial charge on any atom is 0.159 e. The minimum absolute atomic E-state index is 0.199. The average Bonchev–Trinajstić information content (AvgIpc) is 2.44. The van der Waals surface area contributed by atoms with Crippen molar-refractivity contribution in [1.82, 2.24) is 4.90 Å². The second-order valence-corrected chi connectivity index (χ2v) is 6.39. The number of hydrogen-bond donors (Lipinski definition) is 1. The van der Waals surface area contributed by atoms with Gasteiger partial charge in [0.2, 0.25) is 0 Å². The van der Waals surface area contributed by atoms with Crippen molar-refractivity contribution in [2.75, 3.05) is 25.9 Å². The first-order valence-corrected chi connectivity index (χ1v) is 7.72. The molecule has 1 saturated heterocycles. The quantitative estimate of drug-likeness (QED) is 0.922. The zero-order valence-electron chi connectivity index (χ0n) is 11.2. The number of nitrogens with zero attached hydrogens (tertiary/aromatic N) is 1. The highest BCUT2D eigenvalue weighted by Crippen LogP contribution is 2.33. The maximum absolute atomic E-state index is 13.2. The van der Waals surface area contributed by atoms with Crippen molar-refractivity contribution in [3.8, 4) is 0 Å². The number of hydrogen-bond acceptors (Lipinski definition) is 3. The van der Waals surface area contributed by atoms with Crippen LogP contribution >= 0.6 is 11.8 Å². The van der Waals surface area contributed by atoms with Crippen molar-refractivity contribution in [3.63, 3.8) is 0 Å². The van der Waals surface area contributed by atoms with Gasteiger partial charge in [0.15, 0.2) is 11.6 Å². The highest BCUT2D eigenvalue weighted by molar-refractivity contribution is 8.00. The van der Waals surface area contributed by atoms with E-state index >= 15 is 0 Å². The molecule has 0 spiro atoms. The Balaban J connectivity index is 1.93. The Kier molecular flexibility index (Phi) is 4.81. The number of likely N-dealkylation sites (tertiary alicyclic amines) is 1. The van der Waals surface area contributed by atoms with E-state index in [1.54, 1.807) is 6.07 Å². The molecule has 1 aromatic carbocycles. The molecule has 1 aromatic rings. The van der Waals surface area contributed by atoms with Gasteiger partial charge in [-0.05, 0) is 49.9 Å². The Labute approximate surface area is 117 Å². The third-order valence-corrected chi connectivity index (χ3v) is 5.40. The standard InChI is InChI=1S/C14H20F2N2S/c1-19-14(10-17)4-6-18(7-5-14)9-11-2-3-12(15)13(16)8-11/h2-3,8H,4-7,9-10,17H2,1H3. The van der Waals surface area contributed by atoms with Gasteiger partial charge < -0.3 is 5.73 Å². The highest BCUT2D eigenvalue weighted by Gasteiger charge is 2.32. The van der Waals surface area contributed by atoms with E-state index in [1.165, 1.54) is 12.1 Å². The fourth-order valence-electron chi connectivity index (χ4n) is 2.51. The van der Waals surface area contributed by atoms with E-state index < -0.39 is 11.6 Å². The lowest BCUT2D eigenvalue weighted by Crippen LogP contribution is -2.46. The summed E-state index contributed by atoms with van der Waals surface area (Å²) in [7, 11) is 0. The molecule has 1 heterocycles. The predicted molar refractivity (Wildman–Crippen MR) is 76.2 cm³/mol. The molecule has 0 amide bonds. The Morgan fingerprint density at radius 1 is 1.26 bits per heavy atom. The molecule has 0 aliphatic carbocycles. The van der Waals surface area contributed by atoms with Gasteiger partial charge in [0.25, 0.3) is 0 Å². The first kappa shape index (κ1) is 14.8. The van der Waals surface area contributed by atoms with E-state index in [2.05, 4.69) is 11.2 Å². The third kappa shape index (κ3) is 3.46. The van der Waals surface area contributed by atoms with E-state index in [1.807, 2.05) is 11.8 Å². The molecule has 2 nitrogen and oxygen atoms in total. The van der Waals surface area contributed by atoms with Gasteiger partial charge in [0, 0.05) is 17.8 Å². The molecule has 1 aliphatic heterocycles. The van der Waals surface area contributed by atoms with Crippen LogP contribution in [0.3, 0.4) is 0 Å². The monoisotopic (exact) mass is 286 g/mol. The van der Waals surface area contributed by atoms with E-state index in [4.69, 9.17) is 5.73 Å². The summed E-state index contributed by atoms with van der Waals surface area (Å²) in [5, 5.41) is 0. The minimum Gasteiger partial charge on any atom is -0.329 e. The zero-order chi connectivity index (χ0) is 13.9. The van der Waals surface area contributed by atoms with Gasteiger partial charge in [-0.3, -0.25) is 4.90 Å². The molecule has 2 rings (SSSR count).